The first-order chi connectivity index (χ1) is 8.56. The molecule has 2 N–H and O–H groups in total. The molecule has 0 atom stereocenters. The molecule has 2 aromatic rings. The highest BCUT2D eigenvalue weighted by Crippen LogP contribution is 2.25. The van der Waals surface area contributed by atoms with Crippen molar-refractivity contribution in [3.8, 4) is 5.75 Å². The molecule has 0 aliphatic carbocycles. The zero-order chi connectivity index (χ0) is 13.1. The standard InChI is InChI=1S/C13H10Cl2FNO/c14-10-3-1-8(5-11(10)15)7-18-13-4-2-9(16)6-12(13)17/h1-6H,7,17H2. The van der Waals surface area contributed by atoms with Crippen LogP contribution >= 0.6 is 23.2 Å². The number of benzene rings is 2. The number of anilines is 1. The van der Waals surface area contributed by atoms with E-state index in [1.54, 1.807) is 18.2 Å². The maximum atomic E-state index is 12.8. The van der Waals surface area contributed by atoms with Crippen molar-refractivity contribution in [3.05, 3.63) is 57.8 Å². The fraction of sp³-hybridized carbons (Fsp3) is 0.0769. The topological polar surface area (TPSA) is 35.2 Å². The number of halogens is 3. The van der Waals surface area contributed by atoms with Crippen LogP contribution in [-0.2, 0) is 6.61 Å². The van der Waals surface area contributed by atoms with Crippen molar-refractivity contribution in [3.63, 3.8) is 0 Å². The molecular weight excluding hydrogens is 276 g/mol. The summed E-state index contributed by atoms with van der Waals surface area (Å²) in [7, 11) is 0. The first-order valence-corrected chi connectivity index (χ1v) is 5.93. The quantitative estimate of drug-likeness (QED) is 0.854. The zero-order valence-corrected chi connectivity index (χ0v) is 10.8. The molecule has 2 rings (SSSR count). The summed E-state index contributed by atoms with van der Waals surface area (Å²) in [5.41, 5.74) is 6.74. The van der Waals surface area contributed by atoms with Gasteiger partial charge in [-0.15, -0.1) is 0 Å². The molecular formula is C13H10Cl2FNO. The molecule has 0 radical (unpaired) electrons. The summed E-state index contributed by atoms with van der Waals surface area (Å²) in [5.74, 6) is 0.0388. The molecule has 0 aliphatic rings. The SMILES string of the molecule is Nc1cc(F)ccc1OCc1ccc(Cl)c(Cl)c1. The Hall–Kier alpha value is -1.45. The van der Waals surface area contributed by atoms with E-state index in [0.717, 1.165) is 5.56 Å². The highest BCUT2D eigenvalue weighted by atomic mass is 35.5. The fourth-order valence-corrected chi connectivity index (χ4v) is 1.76. The molecule has 5 heteroatoms. The molecule has 0 heterocycles. The van der Waals surface area contributed by atoms with Gasteiger partial charge < -0.3 is 10.5 Å². The molecule has 18 heavy (non-hydrogen) atoms. The van der Waals surface area contributed by atoms with Crippen LogP contribution in [-0.4, -0.2) is 0 Å². The molecule has 0 aliphatic heterocycles. The summed E-state index contributed by atoms with van der Waals surface area (Å²) in [6.45, 7) is 0.284. The Morgan fingerprint density at radius 3 is 2.50 bits per heavy atom. The van der Waals surface area contributed by atoms with Crippen LogP contribution in [0, 0.1) is 5.82 Å². The Morgan fingerprint density at radius 1 is 1.06 bits per heavy atom. The minimum absolute atomic E-state index is 0.259. The van der Waals surface area contributed by atoms with E-state index in [1.807, 2.05) is 0 Å². The van der Waals surface area contributed by atoms with Gasteiger partial charge in [-0.25, -0.2) is 4.39 Å². The molecule has 0 amide bonds. The van der Waals surface area contributed by atoms with Gasteiger partial charge in [-0.05, 0) is 29.8 Å². The van der Waals surface area contributed by atoms with Crippen molar-refractivity contribution < 1.29 is 9.13 Å². The highest BCUT2D eigenvalue weighted by molar-refractivity contribution is 6.42. The predicted molar refractivity (Wildman–Crippen MR) is 71.6 cm³/mol. The molecule has 0 saturated carbocycles. The van der Waals surface area contributed by atoms with Crippen molar-refractivity contribution in [1.29, 1.82) is 0 Å². The Morgan fingerprint density at radius 2 is 1.83 bits per heavy atom. The van der Waals surface area contributed by atoms with E-state index < -0.39 is 5.82 Å². The van der Waals surface area contributed by atoms with Crippen molar-refractivity contribution >= 4 is 28.9 Å². The van der Waals surface area contributed by atoms with E-state index in [4.69, 9.17) is 33.7 Å². The number of rotatable bonds is 3. The van der Waals surface area contributed by atoms with Gasteiger partial charge in [0.2, 0.25) is 0 Å². The van der Waals surface area contributed by atoms with Gasteiger partial charge in [0.1, 0.15) is 18.2 Å². The molecule has 2 aromatic carbocycles. The maximum absolute atomic E-state index is 12.8. The third kappa shape index (κ3) is 3.06. The minimum atomic E-state index is -0.394. The minimum Gasteiger partial charge on any atom is -0.487 e. The van der Waals surface area contributed by atoms with Crippen LogP contribution in [0.1, 0.15) is 5.56 Å². The first-order valence-electron chi connectivity index (χ1n) is 5.18. The molecule has 2 nitrogen and oxygen atoms in total. The second kappa shape index (κ2) is 5.46. The number of ether oxygens (including phenoxy) is 1. The van der Waals surface area contributed by atoms with Crippen LogP contribution in [0.5, 0.6) is 5.75 Å². The summed E-state index contributed by atoms with van der Waals surface area (Å²) in [6.07, 6.45) is 0. The van der Waals surface area contributed by atoms with Crippen LogP contribution in [0.25, 0.3) is 0 Å². The second-order valence-corrected chi connectivity index (χ2v) is 4.53. The van der Waals surface area contributed by atoms with Crippen molar-refractivity contribution in [1.82, 2.24) is 0 Å². The lowest BCUT2D eigenvalue weighted by Gasteiger charge is -2.09. The summed E-state index contributed by atoms with van der Waals surface area (Å²) >= 11 is 11.7. The van der Waals surface area contributed by atoms with Gasteiger partial charge in [-0.2, -0.15) is 0 Å². The van der Waals surface area contributed by atoms with Crippen LogP contribution < -0.4 is 10.5 Å². The molecule has 0 fully saturated rings. The van der Waals surface area contributed by atoms with Crippen LogP contribution in [0.2, 0.25) is 10.0 Å². The second-order valence-electron chi connectivity index (χ2n) is 3.72. The van der Waals surface area contributed by atoms with E-state index >= 15 is 0 Å². The first kappa shape index (κ1) is 13.0. The summed E-state index contributed by atoms with van der Waals surface area (Å²) < 4.78 is 18.3. The van der Waals surface area contributed by atoms with E-state index in [-0.39, 0.29) is 12.3 Å². The summed E-state index contributed by atoms with van der Waals surface area (Å²) in [6, 6.07) is 9.20. The Labute approximate surface area is 114 Å². The van der Waals surface area contributed by atoms with Gasteiger partial charge in [-0.1, -0.05) is 29.3 Å². The monoisotopic (exact) mass is 285 g/mol. The molecule has 0 aromatic heterocycles. The third-order valence-corrected chi connectivity index (χ3v) is 3.09. The lowest BCUT2D eigenvalue weighted by molar-refractivity contribution is 0.307. The molecule has 0 saturated heterocycles. The number of nitrogen functional groups attached to an aromatic ring is 1. The lowest BCUT2D eigenvalue weighted by atomic mass is 10.2. The van der Waals surface area contributed by atoms with E-state index in [2.05, 4.69) is 0 Å². The number of nitrogens with two attached hydrogens (primary N) is 1. The van der Waals surface area contributed by atoms with Gasteiger partial charge in [0.05, 0.1) is 15.7 Å². The average molecular weight is 286 g/mol. The molecule has 94 valence electrons. The summed E-state index contributed by atoms with van der Waals surface area (Å²) in [5, 5.41) is 0.951. The maximum Gasteiger partial charge on any atom is 0.142 e. The van der Waals surface area contributed by atoms with E-state index in [1.165, 1.54) is 18.2 Å². The molecule has 0 spiro atoms. The highest BCUT2D eigenvalue weighted by Gasteiger charge is 2.04. The Balaban J connectivity index is 2.09. The number of hydrogen-bond donors (Lipinski definition) is 1. The normalized spacial score (nSPS) is 10.4. The summed E-state index contributed by atoms with van der Waals surface area (Å²) in [4.78, 5) is 0. The van der Waals surface area contributed by atoms with Crippen molar-refractivity contribution in [2.45, 2.75) is 6.61 Å². The van der Waals surface area contributed by atoms with Crippen LogP contribution in [0.4, 0.5) is 10.1 Å². The smallest absolute Gasteiger partial charge is 0.142 e. The van der Waals surface area contributed by atoms with Gasteiger partial charge in [-0.3, -0.25) is 0 Å². The Kier molecular flexibility index (Phi) is 3.94. The fourth-order valence-electron chi connectivity index (χ4n) is 1.44. The lowest BCUT2D eigenvalue weighted by Crippen LogP contribution is -1.99. The van der Waals surface area contributed by atoms with Gasteiger partial charge in [0, 0.05) is 6.07 Å². The molecule has 0 bridgehead atoms. The predicted octanol–water partition coefficient (Wildman–Crippen LogP) is 4.29. The number of hydrogen-bond acceptors (Lipinski definition) is 2. The van der Waals surface area contributed by atoms with E-state index in [9.17, 15) is 4.39 Å². The van der Waals surface area contributed by atoms with Crippen molar-refractivity contribution in [2.24, 2.45) is 0 Å². The Bertz CT molecular complexity index is 575. The van der Waals surface area contributed by atoms with E-state index in [0.29, 0.717) is 15.8 Å². The van der Waals surface area contributed by atoms with Gasteiger partial charge in [0.15, 0.2) is 0 Å². The van der Waals surface area contributed by atoms with Gasteiger partial charge >= 0.3 is 0 Å². The molecule has 0 unspecified atom stereocenters. The average Bonchev–Trinajstić information content (AvgIpc) is 2.32. The van der Waals surface area contributed by atoms with Gasteiger partial charge in [0.25, 0.3) is 0 Å². The van der Waals surface area contributed by atoms with Crippen LogP contribution in [0.15, 0.2) is 36.4 Å². The van der Waals surface area contributed by atoms with Crippen molar-refractivity contribution in [2.75, 3.05) is 5.73 Å². The largest absolute Gasteiger partial charge is 0.487 e. The van der Waals surface area contributed by atoms with Crippen LogP contribution in [0.3, 0.4) is 0 Å². The third-order valence-electron chi connectivity index (χ3n) is 2.35. The zero-order valence-electron chi connectivity index (χ0n) is 9.29.